The summed E-state index contributed by atoms with van der Waals surface area (Å²) in [6, 6.07) is 3.07. The van der Waals surface area contributed by atoms with Crippen LogP contribution in [0.4, 0.5) is 4.79 Å². The van der Waals surface area contributed by atoms with Gasteiger partial charge in [-0.25, -0.2) is 14.2 Å². The van der Waals surface area contributed by atoms with Crippen LogP contribution in [0.5, 0.6) is 5.88 Å². The SMILES string of the molecule is C=CC(=O)Oc1cccn1C(=O)OC(C)(C)C. The molecule has 0 radical (unpaired) electrons. The quantitative estimate of drug-likeness (QED) is 0.585. The fourth-order valence-corrected chi connectivity index (χ4v) is 1.06. The Morgan fingerprint density at radius 3 is 2.59 bits per heavy atom. The van der Waals surface area contributed by atoms with E-state index in [1.165, 1.54) is 12.3 Å². The van der Waals surface area contributed by atoms with E-state index in [1.54, 1.807) is 26.8 Å². The Morgan fingerprint density at radius 1 is 1.41 bits per heavy atom. The number of hydrogen-bond donors (Lipinski definition) is 0. The smallest absolute Gasteiger partial charge is 0.421 e. The topological polar surface area (TPSA) is 57.5 Å². The molecule has 0 aliphatic rings. The Bertz CT molecular complexity index is 440. The summed E-state index contributed by atoms with van der Waals surface area (Å²) >= 11 is 0. The predicted molar refractivity (Wildman–Crippen MR) is 61.9 cm³/mol. The number of esters is 1. The molecule has 0 unspecified atom stereocenters. The second-order valence-corrected chi connectivity index (χ2v) is 4.32. The molecule has 1 heterocycles. The van der Waals surface area contributed by atoms with E-state index in [0.717, 1.165) is 10.6 Å². The first-order valence-electron chi connectivity index (χ1n) is 5.08. The van der Waals surface area contributed by atoms with Crippen LogP contribution in [0.25, 0.3) is 0 Å². The number of hydrogen-bond acceptors (Lipinski definition) is 4. The molecule has 0 saturated carbocycles. The van der Waals surface area contributed by atoms with Crippen molar-refractivity contribution in [2.75, 3.05) is 0 Å². The molecule has 0 aliphatic heterocycles. The van der Waals surface area contributed by atoms with E-state index in [1.807, 2.05) is 0 Å². The van der Waals surface area contributed by atoms with Gasteiger partial charge in [-0.15, -0.1) is 0 Å². The van der Waals surface area contributed by atoms with Crippen molar-refractivity contribution in [3.63, 3.8) is 0 Å². The van der Waals surface area contributed by atoms with Crippen LogP contribution < -0.4 is 4.74 Å². The number of rotatable bonds is 2. The molecule has 0 N–H and O–H groups in total. The molecule has 1 rings (SSSR count). The zero-order chi connectivity index (χ0) is 13.1. The maximum atomic E-state index is 11.7. The van der Waals surface area contributed by atoms with Gasteiger partial charge < -0.3 is 9.47 Å². The maximum absolute atomic E-state index is 11.7. The van der Waals surface area contributed by atoms with Gasteiger partial charge in [0.25, 0.3) is 0 Å². The van der Waals surface area contributed by atoms with E-state index in [4.69, 9.17) is 9.47 Å². The van der Waals surface area contributed by atoms with Crippen molar-refractivity contribution in [1.29, 1.82) is 0 Å². The minimum absolute atomic E-state index is 0.101. The Morgan fingerprint density at radius 2 is 2.06 bits per heavy atom. The molecule has 0 bridgehead atoms. The molecule has 17 heavy (non-hydrogen) atoms. The lowest BCUT2D eigenvalue weighted by Gasteiger charge is -2.20. The Labute approximate surface area is 99.6 Å². The summed E-state index contributed by atoms with van der Waals surface area (Å²) in [4.78, 5) is 22.8. The van der Waals surface area contributed by atoms with Crippen LogP contribution in [0, 0.1) is 0 Å². The summed E-state index contributed by atoms with van der Waals surface area (Å²) < 4.78 is 11.1. The number of aromatic nitrogens is 1. The number of carbonyl (C=O) groups is 2. The molecule has 1 aromatic rings. The molecule has 0 fully saturated rings. The van der Waals surface area contributed by atoms with Gasteiger partial charge in [-0.1, -0.05) is 6.58 Å². The van der Waals surface area contributed by atoms with Crippen molar-refractivity contribution in [3.05, 3.63) is 31.0 Å². The Hall–Kier alpha value is -2.04. The summed E-state index contributed by atoms with van der Waals surface area (Å²) in [6.07, 6.45) is 1.88. The standard InChI is InChI=1S/C12H15NO4/c1-5-10(14)16-9-7-6-8-13(9)11(15)17-12(2,3)4/h5-8H,1H2,2-4H3. The highest BCUT2D eigenvalue weighted by Gasteiger charge is 2.20. The molecule has 0 aliphatic carbocycles. The molecule has 0 aromatic carbocycles. The van der Waals surface area contributed by atoms with Crippen LogP contribution in [-0.2, 0) is 9.53 Å². The molecular formula is C12H15NO4. The zero-order valence-electron chi connectivity index (χ0n) is 10.1. The highest BCUT2D eigenvalue weighted by Crippen LogP contribution is 2.16. The Kier molecular flexibility index (Phi) is 3.73. The minimum atomic E-state index is -0.631. The van der Waals surface area contributed by atoms with E-state index in [2.05, 4.69) is 6.58 Å². The molecule has 92 valence electrons. The predicted octanol–water partition coefficient (Wildman–Crippen LogP) is 2.36. The molecule has 5 heteroatoms. The van der Waals surface area contributed by atoms with Crippen molar-refractivity contribution in [3.8, 4) is 5.88 Å². The molecule has 1 aromatic heterocycles. The highest BCUT2D eigenvalue weighted by atomic mass is 16.6. The van der Waals surface area contributed by atoms with E-state index in [0.29, 0.717) is 0 Å². The molecule has 5 nitrogen and oxygen atoms in total. The number of carbonyl (C=O) groups excluding carboxylic acids is 2. The molecular weight excluding hydrogens is 222 g/mol. The summed E-state index contributed by atoms with van der Waals surface area (Å²) in [5.74, 6) is -0.530. The normalized spacial score (nSPS) is 10.8. The van der Waals surface area contributed by atoms with Gasteiger partial charge in [-0.2, -0.15) is 0 Å². The van der Waals surface area contributed by atoms with Crippen molar-refractivity contribution < 1.29 is 19.1 Å². The lowest BCUT2D eigenvalue weighted by atomic mass is 10.2. The third kappa shape index (κ3) is 3.79. The summed E-state index contributed by atoms with van der Waals surface area (Å²) in [6.45, 7) is 8.54. The Balaban J connectivity index is 2.85. The molecule has 0 atom stereocenters. The second-order valence-electron chi connectivity index (χ2n) is 4.32. The van der Waals surface area contributed by atoms with E-state index >= 15 is 0 Å². The fourth-order valence-electron chi connectivity index (χ4n) is 1.06. The fraction of sp³-hybridized carbons (Fsp3) is 0.333. The van der Waals surface area contributed by atoms with Gasteiger partial charge in [0.1, 0.15) is 5.60 Å². The minimum Gasteiger partial charge on any atom is -0.443 e. The third-order valence-electron chi connectivity index (χ3n) is 1.67. The summed E-state index contributed by atoms with van der Waals surface area (Å²) in [5, 5.41) is 0. The van der Waals surface area contributed by atoms with Gasteiger partial charge in [0.15, 0.2) is 0 Å². The first kappa shape index (κ1) is 13.0. The highest BCUT2D eigenvalue weighted by molar-refractivity contribution is 5.84. The first-order valence-corrected chi connectivity index (χ1v) is 5.08. The average molecular weight is 237 g/mol. The van der Waals surface area contributed by atoms with Crippen molar-refractivity contribution in [2.45, 2.75) is 26.4 Å². The van der Waals surface area contributed by atoms with Crippen LogP contribution in [0.2, 0.25) is 0 Å². The largest absolute Gasteiger partial charge is 0.443 e. The van der Waals surface area contributed by atoms with Gasteiger partial charge in [0.2, 0.25) is 5.88 Å². The zero-order valence-corrected chi connectivity index (χ0v) is 10.1. The number of nitrogens with zero attached hydrogens (tertiary/aromatic N) is 1. The van der Waals surface area contributed by atoms with Crippen LogP contribution in [-0.4, -0.2) is 22.2 Å². The lowest BCUT2D eigenvalue weighted by Crippen LogP contribution is -2.27. The monoisotopic (exact) mass is 237 g/mol. The summed E-state index contributed by atoms with van der Waals surface area (Å²) in [7, 11) is 0. The average Bonchev–Trinajstić information content (AvgIpc) is 2.63. The van der Waals surface area contributed by atoms with Gasteiger partial charge >= 0.3 is 12.1 Å². The van der Waals surface area contributed by atoms with Gasteiger partial charge in [0, 0.05) is 18.3 Å². The van der Waals surface area contributed by atoms with Gasteiger partial charge in [-0.3, -0.25) is 0 Å². The van der Waals surface area contributed by atoms with Crippen molar-refractivity contribution in [2.24, 2.45) is 0 Å². The van der Waals surface area contributed by atoms with Crippen LogP contribution in [0.15, 0.2) is 31.0 Å². The van der Waals surface area contributed by atoms with Crippen molar-refractivity contribution >= 4 is 12.1 Å². The molecule has 0 saturated heterocycles. The van der Waals surface area contributed by atoms with Crippen LogP contribution in [0.3, 0.4) is 0 Å². The number of ether oxygens (including phenoxy) is 2. The van der Waals surface area contributed by atoms with Gasteiger partial charge in [-0.05, 0) is 26.8 Å². The molecule has 0 amide bonds. The lowest BCUT2D eigenvalue weighted by molar-refractivity contribution is -0.129. The maximum Gasteiger partial charge on any atom is 0.421 e. The van der Waals surface area contributed by atoms with E-state index in [-0.39, 0.29) is 5.88 Å². The molecule has 0 spiro atoms. The van der Waals surface area contributed by atoms with E-state index < -0.39 is 17.7 Å². The summed E-state index contributed by atoms with van der Waals surface area (Å²) in [5.41, 5.74) is -0.610. The first-order chi connectivity index (χ1) is 7.83. The van der Waals surface area contributed by atoms with Crippen molar-refractivity contribution in [1.82, 2.24) is 4.57 Å². The van der Waals surface area contributed by atoms with E-state index in [9.17, 15) is 9.59 Å². The third-order valence-corrected chi connectivity index (χ3v) is 1.67. The van der Waals surface area contributed by atoms with Crippen LogP contribution in [0.1, 0.15) is 20.8 Å². The van der Waals surface area contributed by atoms with Gasteiger partial charge in [0.05, 0.1) is 0 Å². The van der Waals surface area contributed by atoms with Crippen LogP contribution >= 0.6 is 0 Å². The second kappa shape index (κ2) is 4.86.